The molecule has 0 aliphatic heterocycles. The molecule has 0 aliphatic carbocycles. The number of rotatable bonds is 5. The second-order valence-corrected chi connectivity index (χ2v) is 7.57. The molecule has 9 nitrogen and oxygen atoms in total. The molecule has 0 saturated heterocycles. The van der Waals surface area contributed by atoms with Gasteiger partial charge >= 0.3 is 0 Å². The molecule has 2 aromatic heterocycles. The number of nitrogens with one attached hydrogen (secondary N) is 2. The maximum atomic E-state index is 12.9. The van der Waals surface area contributed by atoms with Crippen molar-refractivity contribution in [1.82, 2.24) is 19.3 Å². The maximum absolute atomic E-state index is 12.9. The molecule has 0 bridgehead atoms. The lowest BCUT2D eigenvalue weighted by atomic mass is 10.1. The van der Waals surface area contributed by atoms with Gasteiger partial charge in [-0.1, -0.05) is 17.7 Å². The molecule has 0 saturated carbocycles. The van der Waals surface area contributed by atoms with Gasteiger partial charge in [-0.2, -0.15) is 5.10 Å². The zero-order valence-electron chi connectivity index (χ0n) is 17.9. The molecule has 2 amide bonds. The van der Waals surface area contributed by atoms with Crippen LogP contribution in [-0.2, 0) is 16.1 Å². The number of carbonyl (C=O) groups is 2. The predicted molar refractivity (Wildman–Crippen MR) is 122 cm³/mol. The van der Waals surface area contributed by atoms with Crippen LogP contribution in [0.4, 0.5) is 11.4 Å². The Hall–Kier alpha value is -4.27. The number of benzene rings is 2. The van der Waals surface area contributed by atoms with E-state index in [9.17, 15) is 14.4 Å². The van der Waals surface area contributed by atoms with Crippen molar-refractivity contribution in [1.29, 1.82) is 0 Å². The van der Waals surface area contributed by atoms with Crippen molar-refractivity contribution in [2.24, 2.45) is 0 Å². The third-order valence-corrected chi connectivity index (χ3v) is 4.94. The van der Waals surface area contributed by atoms with Gasteiger partial charge in [0.15, 0.2) is 5.65 Å². The van der Waals surface area contributed by atoms with Gasteiger partial charge in [-0.15, -0.1) is 0 Å². The Balaban J connectivity index is 1.54. The van der Waals surface area contributed by atoms with Gasteiger partial charge < -0.3 is 10.6 Å². The lowest BCUT2D eigenvalue weighted by Gasteiger charge is -2.09. The zero-order chi connectivity index (χ0) is 22.8. The fourth-order valence-corrected chi connectivity index (χ4v) is 3.48. The van der Waals surface area contributed by atoms with E-state index >= 15 is 0 Å². The monoisotopic (exact) mass is 430 g/mol. The van der Waals surface area contributed by atoms with Crippen molar-refractivity contribution in [2.75, 3.05) is 10.6 Å². The van der Waals surface area contributed by atoms with Crippen LogP contribution < -0.4 is 16.2 Å². The van der Waals surface area contributed by atoms with Gasteiger partial charge in [-0.05, 0) is 49.7 Å². The van der Waals surface area contributed by atoms with E-state index in [0.717, 1.165) is 16.8 Å². The molecule has 0 radical (unpaired) electrons. The van der Waals surface area contributed by atoms with Crippen LogP contribution in [0.2, 0.25) is 0 Å². The summed E-state index contributed by atoms with van der Waals surface area (Å²) in [6.45, 7) is 5.22. The molecule has 0 atom stereocenters. The Bertz CT molecular complexity index is 1390. The highest BCUT2D eigenvalue weighted by Crippen LogP contribution is 2.19. The topological polar surface area (TPSA) is 111 Å². The normalized spacial score (nSPS) is 10.8. The van der Waals surface area contributed by atoms with Crippen molar-refractivity contribution >= 4 is 34.2 Å². The van der Waals surface area contributed by atoms with E-state index in [4.69, 9.17) is 0 Å². The molecular formula is C23H22N6O3. The summed E-state index contributed by atoms with van der Waals surface area (Å²) in [7, 11) is 0. The van der Waals surface area contributed by atoms with E-state index in [-0.39, 0.29) is 23.9 Å². The first kappa shape index (κ1) is 21.0. The highest BCUT2D eigenvalue weighted by molar-refractivity contribution is 5.92. The predicted octanol–water partition coefficient (Wildman–Crippen LogP) is 2.80. The molecule has 0 aliphatic rings. The summed E-state index contributed by atoms with van der Waals surface area (Å²) < 4.78 is 2.88. The third kappa shape index (κ3) is 4.27. The van der Waals surface area contributed by atoms with Crippen molar-refractivity contribution in [3.05, 3.63) is 76.5 Å². The summed E-state index contributed by atoms with van der Waals surface area (Å²) in [4.78, 5) is 40.8. The number of aryl methyl sites for hydroxylation is 2. The van der Waals surface area contributed by atoms with Crippen LogP contribution in [-0.4, -0.2) is 31.1 Å². The van der Waals surface area contributed by atoms with Gasteiger partial charge in [0.2, 0.25) is 11.8 Å². The number of hydrogen-bond acceptors (Lipinski definition) is 5. The van der Waals surface area contributed by atoms with Gasteiger partial charge in [0.1, 0.15) is 18.3 Å². The summed E-state index contributed by atoms with van der Waals surface area (Å²) in [5.74, 6) is -0.549. The maximum Gasteiger partial charge on any atom is 0.264 e. The summed E-state index contributed by atoms with van der Waals surface area (Å²) in [5, 5.41) is 10.1. The Morgan fingerprint density at radius 3 is 2.34 bits per heavy atom. The van der Waals surface area contributed by atoms with Crippen LogP contribution in [0, 0.1) is 13.8 Å². The van der Waals surface area contributed by atoms with Crippen molar-refractivity contribution in [3.63, 3.8) is 0 Å². The van der Waals surface area contributed by atoms with Gasteiger partial charge in [0.25, 0.3) is 5.56 Å². The van der Waals surface area contributed by atoms with E-state index in [2.05, 4.69) is 20.7 Å². The first-order valence-electron chi connectivity index (χ1n) is 10.00. The van der Waals surface area contributed by atoms with Crippen LogP contribution in [0.3, 0.4) is 0 Å². The second kappa shape index (κ2) is 8.46. The average Bonchev–Trinajstić information content (AvgIpc) is 3.16. The Morgan fingerprint density at radius 1 is 1.00 bits per heavy atom. The van der Waals surface area contributed by atoms with E-state index in [1.54, 1.807) is 28.9 Å². The first-order valence-corrected chi connectivity index (χ1v) is 10.00. The van der Waals surface area contributed by atoms with E-state index in [1.165, 1.54) is 24.0 Å². The van der Waals surface area contributed by atoms with E-state index < -0.39 is 0 Å². The minimum absolute atomic E-state index is 0.176. The average molecular weight is 430 g/mol. The van der Waals surface area contributed by atoms with Gasteiger partial charge in [0.05, 0.1) is 11.9 Å². The van der Waals surface area contributed by atoms with Gasteiger partial charge in [-0.3, -0.25) is 19.0 Å². The van der Waals surface area contributed by atoms with Crippen molar-refractivity contribution in [2.45, 2.75) is 27.3 Å². The minimum atomic E-state index is -0.373. The van der Waals surface area contributed by atoms with Crippen molar-refractivity contribution < 1.29 is 9.59 Å². The molecule has 0 spiro atoms. The molecule has 2 heterocycles. The quantitative estimate of drug-likeness (QED) is 0.506. The number of hydrogen-bond donors (Lipinski definition) is 2. The van der Waals surface area contributed by atoms with Crippen LogP contribution in [0.25, 0.3) is 16.7 Å². The zero-order valence-corrected chi connectivity index (χ0v) is 17.9. The second-order valence-electron chi connectivity index (χ2n) is 7.57. The van der Waals surface area contributed by atoms with Crippen LogP contribution >= 0.6 is 0 Å². The highest BCUT2D eigenvalue weighted by atomic mass is 16.2. The van der Waals surface area contributed by atoms with Crippen LogP contribution in [0.5, 0.6) is 0 Å². The Morgan fingerprint density at radius 2 is 1.69 bits per heavy atom. The molecule has 0 fully saturated rings. The number of fused-ring (bicyclic) bond motifs is 1. The molecule has 2 N–H and O–H groups in total. The Labute approximate surface area is 183 Å². The number of amides is 2. The van der Waals surface area contributed by atoms with Crippen LogP contribution in [0.1, 0.15) is 18.1 Å². The number of anilines is 2. The summed E-state index contributed by atoms with van der Waals surface area (Å²) >= 11 is 0. The van der Waals surface area contributed by atoms with Crippen LogP contribution in [0.15, 0.2) is 59.8 Å². The summed E-state index contributed by atoms with van der Waals surface area (Å²) in [6.07, 6.45) is 2.82. The lowest BCUT2D eigenvalue weighted by Crippen LogP contribution is -2.27. The van der Waals surface area contributed by atoms with Gasteiger partial charge in [-0.25, -0.2) is 9.67 Å². The Kier molecular flexibility index (Phi) is 5.55. The molecular weight excluding hydrogens is 408 g/mol. The number of nitrogens with zero attached hydrogens (tertiary/aromatic N) is 4. The van der Waals surface area contributed by atoms with Crippen molar-refractivity contribution in [3.8, 4) is 5.69 Å². The molecule has 162 valence electrons. The van der Waals surface area contributed by atoms with Gasteiger partial charge in [0, 0.05) is 18.3 Å². The smallest absolute Gasteiger partial charge is 0.264 e. The molecule has 4 aromatic rings. The summed E-state index contributed by atoms with van der Waals surface area (Å²) in [6, 6.07) is 12.6. The fourth-order valence-electron chi connectivity index (χ4n) is 3.48. The molecule has 32 heavy (non-hydrogen) atoms. The SMILES string of the molecule is CC(=O)Nc1ccc(NC(=O)Cn2cnc3c(cnn3-c3ccc(C)cc3C)c2=O)cc1. The number of carbonyl (C=O) groups excluding carboxylic acids is 2. The lowest BCUT2D eigenvalue weighted by molar-refractivity contribution is -0.117. The molecule has 0 unspecified atom stereocenters. The molecule has 2 aromatic carbocycles. The van der Waals surface area contributed by atoms with E-state index in [1.807, 2.05) is 32.0 Å². The number of aromatic nitrogens is 4. The third-order valence-electron chi connectivity index (χ3n) is 4.94. The molecule has 9 heteroatoms. The summed E-state index contributed by atoms with van der Waals surface area (Å²) in [5.41, 5.74) is 4.26. The fraction of sp³-hybridized carbons (Fsp3) is 0.174. The van der Waals surface area contributed by atoms with E-state index in [0.29, 0.717) is 22.4 Å². The molecule has 4 rings (SSSR count). The first-order chi connectivity index (χ1) is 15.3. The largest absolute Gasteiger partial charge is 0.326 e. The highest BCUT2D eigenvalue weighted by Gasteiger charge is 2.14. The minimum Gasteiger partial charge on any atom is -0.326 e. The standard InChI is InChI=1S/C23H22N6O3/c1-14-4-9-20(15(2)10-14)29-22-19(11-25-29)23(32)28(13-24-22)12-21(31)27-18-7-5-17(6-8-18)26-16(3)30/h4-11,13H,12H2,1-3H3,(H,26,30)(H,27,31).